The Morgan fingerprint density at radius 2 is 1.88 bits per heavy atom. The van der Waals surface area contributed by atoms with Crippen LogP contribution in [-0.2, 0) is 14.3 Å². The summed E-state index contributed by atoms with van der Waals surface area (Å²) in [7, 11) is 1.18. The lowest BCUT2D eigenvalue weighted by molar-refractivity contribution is -0.384. The van der Waals surface area contributed by atoms with Crippen LogP contribution in [0.2, 0.25) is 0 Å². The summed E-state index contributed by atoms with van der Waals surface area (Å²) in [6.45, 7) is 0. The monoisotopic (exact) mass is 450 g/mol. The minimum absolute atomic E-state index is 0.0550. The number of anilines is 1. The quantitative estimate of drug-likeness (QED) is 0.249. The maximum atomic E-state index is 12.6. The SMILES string of the molecule is COC(=O)c1ccccc1NC(=O)C(=O)C(C#N)c1nc(-c2ccc([N+](=O)[O-])cc2)cs1. The first kappa shape index (κ1) is 22.3. The van der Waals surface area contributed by atoms with Crippen LogP contribution in [0.15, 0.2) is 53.9 Å². The Morgan fingerprint density at radius 3 is 2.50 bits per heavy atom. The van der Waals surface area contributed by atoms with E-state index in [0.717, 1.165) is 11.3 Å². The van der Waals surface area contributed by atoms with Crippen molar-refractivity contribution in [1.82, 2.24) is 4.98 Å². The molecular weight excluding hydrogens is 436 g/mol. The van der Waals surface area contributed by atoms with Gasteiger partial charge in [-0.05, 0) is 24.3 Å². The van der Waals surface area contributed by atoms with Crippen molar-refractivity contribution in [1.29, 1.82) is 5.26 Å². The van der Waals surface area contributed by atoms with Gasteiger partial charge in [0.1, 0.15) is 5.01 Å². The molecule has 3 rings (SSSR count). The summed E-state index contributed by atoms with van der Waals surface area (Å²) in [6, 6.07) is 13.4. The van der Waals surface area contributed by atoms with E-state index in [4.69, 9.17) is 0 Å². The Kier molecular flexibility index (Phi) is 6.67. The molecule has 0 bridgehead atoms. The average Bonchev–Trinajstić information content (AvgIpc) is 3.29. The molecule has 1 amide bonds. The van der Waals surface area contributed by atoms with Crippen molar-refractivity contribution in [3.8, 4) is 17.3 Å². The van der Waals surface area contributed by atoms with Gasteiger partial charge in [-0.25, -0.2) is 9.78 Å². The number of benzene rings is 2. The van der Waals surface area contributed by atoms with Crippen LogP contribution in [0.3, 0.4) is 0 Å². The third-order valence-electron chi connectivity index (χ3n) is 4.34. The van der Waals surface area contributed by atoms with Crippen LogP contribution in [0, 0.1) is 21.4 Å². The highest BCUT2D eigenvalue weighted by Crippen LogP contribution is 2.28. The Morgan fingerprint density at radius 1 is 1.19 bits per heavy atom. The number of ether oxygens (including phenoxy) is 1. The van der Waals surface area contributed by atoms with Gasteiger partial charge in [-0.3, -0.25) is 19.7 Å². The Balaban J connectivity index is 1.80. The zero-order chi connectivity index (χ0) is 23.3. The molecule has 0 radical (unpaired) electrons. The van der Waals surface area contributed by atoms with Crippen LogP contribution in [0.4, 0.5) is 11.4 Å². The Bertz CT molecular complexity index is 1250. The molecule has 1 unspecified atom stereocenters. The summed E-state index contributed by atoms with van der Waals surface area (Å²) < 4.78 is 4.65. The first-order valence-corrected chi connectivity index (χ1v) is 9.86. The fourth-order valence-corrected chi connectivity index (χ4v) is 3.60. The summed E-state index contributed by atoms with van der Waals surface area (Å²) in [5, 5.41) is 24.3. The van der Waals surface area contributed by atoms with Crippen molar-refractivity contribution in [2.45, 2.75) is 5.92 Å². The third-order valence-corrected chi connectivity index (χ3v) is 5.25. The normalized spacial score (nSPS) is 11.1. The van der Waals surface area contributed by atoms with Crippen LogP contribution in [0.1, 0.15) is 21.3 Å². The number of nitrogens with zero attached hydrogens (tertiary/aromatic N) is 3. The molecule has 0 saturated heterocycles. The van der Waals surface area contributed by atoms with E-state index >= 15 is 0 Å². The van der Waals surface area contributed by atoms with Crippen LogP contribution in [0.25, 0.3) is 11.3 Å². The lowest BCUT2D eigenvalue weighted by Gasteiger charge is -2.10. The van der Waals surface area contributed by atoms with Gasteiger partial charge in [0.05, 0.1) is 35.0 Å². The number of methoxy groups -OCH3 is 1. The number of para-hydroxylation sites is 1. The van der Waals surface area contributed by atoms with E-state index in [9.17, 15) is 29.8 Å². The summed E-state index contributed by atoms with van der Waals surface area (Å²) in [5.74, 6) is -4.29. The van der Waals surface area contributed by atoms with E-state index in [1.807, 2.05) is 0 Å². The predicted octanol–water partition coefficient (Wildman–Crippen LogP) is 3.32. The number of thiazole rings is 1. The zero-order valence-electron chi connectivity index (χ0n) is 16.5. The fraction of sp³-hybridized carbons (Fsp3) is 0.0952. The Labute approximate surface area is 185 Å². The first-order valence-electron chi connectivity index (χ1n) is 8.98. The number of amides is 1. The Hall–Kier alpha value is -4.43. The first-order chi connectivity index (χ1) is 15.3. The van der Waals surface area contributed by atoms with Crippen molar-refractivity contribution in [3.63, 3.8) is 0 Å². The van der Waals surface area contributed by atoms with E-state index in [0.29, 0.717) is 11.3 Å². The van der Waals surface area contributed by atoms with Crippen molar-refractivity contribution >= 4 is 40.4 Å². The van der Waals surface area contributed by atoms with Crippen molar-refractivity contribution in [2.75, 3.05) is 12.4 Å². The molecule has 0 fully saturated rings. The van der Waals surface area contributed by atoms with Gasteiger partial charge in [-0.1, -0.05) is 12.1 Å². The van der Waals surface area contributed by atoms with Gasteiger partial charge in [-0.15, -0.1) is 11.3 Å². The van der Waals surface area contributed by atoms with E-state index < -0.39 is 28.5 Å². The van der Waals surface area contributed by atoms with Gasteiger partial charge < -0.3 is 10.1 Å². The number of aromatic nitrogens is 1. The molecule has 11 heteroatoms. The van der Waals surface area contributed by atoms with Crippen molar-refractivity contribution in [2.24, 2.45) is 0 Å². The molecule has 2 aromatic carbocycles. The number of nitrogens with one attached hydrogen (secondary N) is 1. The number of ketones is 1. The van der Waals surface area contributed by atoms with Gasteiger partial charge in [0.25, 0.3) is 11.6 Å². The topological polar surface area (TPSA) is 152 Å². The second-order valence-electron chi connectivity index (χ2n) is 6.29. The van der Waals surface area contributed by atoms with Crippen LogP contribution < -0.4 is 5.32 Å². The summed E-state index contributed by atoms with van der Waals surface area (Å²) >= 11 is 1.01. The van der Waals surface area contributed by atoms with Gasteiger partial charge in [-0.2, -0.15) is 5.26 Å². The fourth-order valence-electron chi connectivity index (χ4n) is 2.73. The average molecular weight is 450 g/mol. The third kappa shape index (κ3) is 4.66. The van der Waals surface area contributed by atoms with Gasteiger partial charge in [0, 0.05) is 23.1 Å². The number of nitriles is 1. The molecule has 0 saturated carbocycles. The summed E-state index contributed by atoms with van der Waals surface area (Å²) in [6.07, 6.45) is 0. The lowest BCUT2D eigenvalue weighted by Crippen LogP contribution is -2.28. The molecule has 1 aromatic heterocycles. The predicted molar refractivity (Wildman–Crippen MR) is 114 cm³/mol. The number of rotatable bonds is 7. The van der Waals surface area contributed by atoms with Gasteiger partial charge >= 0.3 is 5.97 Å². The molecule has 0 aliphatic rings. The van der Waals surface area contributed by atoms with E-state index in [1.165, 1.54) is 43.5 Å². The molecule has 0 spiro atoms. The second-order valence-corrected chi connectivity index (χ2v) is 7.18. The molecule has 1 heterocycles. The van der Waals surface area contributed by atoms with Gasteiger partial charge in [0.15, 0.2) is 5.92 Å². The number of nitro benzene ring substituents is 1. The highest BCUT2D eigenvalue weighted by Gasteiger charge is 2.30. The molecule has 160 valence electrons. The second kappa shape index (κ2) is 9.59. The standard InChI is InChI=1S/C21H14N4O6S/c1-31-21(28)14-4-2-3-5-16(14)23-19(27)18(26)15(10-22)20-24-17(11-32-20)12-6-8-13(9-7-12)25(29)30/h2-9,11,15H,1H3,(H,23,27). The van der Waals surface area contributed by atoms with Crippen LogP contribution in [0.5, 0.6) is 0 Å². The summed E-state index contributed by atoms with van der Waals surface area (Å²) in [4.78, 5) is 51.4. The number of hydrogen-bond donors (Lipinski definition) is 1. The highest BCUT2D eigenvalue weighted by atomic mass is 32.1. The molecular formula is C21H14N4O6S. The lowest BCUT2D eigenvalue weighted by atomic mass is 10.1. The molecule has 1 N–H and O–H groups in total. The van der Waals surface area contributed by atoms with Crippen LogP contribution >= 0.6 is 11.3 Å². The molecule has 32 heavy (non-hydrogen) atoms. The number of Topliss-reactive ketones (excluding diaryl/α,β-unsaturated/α-hetero) is 1. The number of esters is 1. The number of carbonyl (C=O) groups excluding carboxylic acids is 3. The van der Waals surface area contributed by atoms with Crippen molar-refractivity contribution < 1.29 is 24.0 Å². The number of hydrogen-bond acceptors (Lipinski definition) is 9. The number of nitro groups is 1. The van der Waals surface area contributed by atoms with Crippen molar-refractivity contribution in [3.05, 3.63) is 74.6 Å². The van der Waals surface area contributed by atoms with E-state index in [2.05, 4.69) is 15.0 Å². The zero-order valence-corrected chi connectivity index (χ0v) is 17.3. The smallest absolute Gasteiger partial charge is 0.339 e. The molecule has 10 nitrogen and oxygen atoms in total. The molecule has 0 aliphatic heterocycles. The maximum absolute atomic E-state index is 12.6. The maximum Gasteiger partial charge on any atom is 0.339 e. The molecule has 3 aromatic rings. The molecule has 1 atom stereocenters. The van der Waals surface area contributed by atoms with E-state index in [1.54, 1.807) is 23.6 Å². The van der Waals surface area contributed by atoms with E-state index in [-0.39, 0.29) is 21.9 Å². The largest absolute Gasteiger partial charge is 0.465 e. The highest BCUT2D eigenvalue weighted by molar-refractivity contribution is 7.10. The summed E-state index contributed by atoms with van der Waals surface area (Å²) in [5.41, 5.74) is 1.00. The minimum Gasteiger partial charge on any atom is -0.465 e. The molecule has 0 aliphatic carbocycles. The number of non-ortho nitro benzene ring substituents is 1. The number of carbonyl (C=O) groups is 3. The van der Waals surface area contributed by atoms with Crippen LogP contribution in [-0.4, -0.2) is 34.7 Å². The minimum atomic E-state index is -1.46. The van der Waals surface area contributed by atoms with Gasteiger partial charge in [0.2, 0.25) is 5.78 Å².